The number of anilines is 1. The van der Waals surface area contributed by atoms with Crippen molar-refractivity contribution in [2.45, 2.75) is 9.79 Å². The van der Waals surface area contributed by atoms with E-state index < -0.39 is 10.0 Å². The molecule has 0 fully saturated rings. The summed E-state index contributed by atoms with van der Waals surface area (Å²) < 4.78 is 39.1. The highest BCUT2D eigenvalue weighted by atomic mass is 79.9. The monoisotopic (exact) mass is 443 g/mol. The number of benzene rings is 2. The molecule has 0 unspecified atom stereocenters. The van der Waals surface area contributed by atoms with Crippen LogP contribution in [0.4, 0.5) is 5.69 Å². The average Bonchev–Trinajstić information content (AvgIpc) is 2.60. The largest absolute Gasteiger partial charge is 0.493 e. The Kier molecular flexibility index (Phi) is 6.80. The molecule has 0 atom stereocenters. The van der Waals surface area contributed by atoms with E-state index in [0.29, 0.717) is 27.4 Å². The summed E-state index contributed by atoms with van der Waals surface area (Å²) in [7, 11) is -0.876. The third-order valence-corrected chi connectivity index (χ3v) is 6.61. The molecule has 0 aliphatic heterocycles. The van der Waals surface area contributed by atoms with E-state index in [-0.39, 0.29) is 4.90 Å². The first-order valence-electron chi connectivity index (χ1n) is 7.20. The lowest BCUT2D eigenvalue weighted by Gasteiger charge is -2.15. The van der Waals surface area contributed by atoms with Gasteiger partial charge in [0.25, 0.3) is 10.0 Å². The number of hydrogen-bond acceptors (Lipinski definition) is 5. The standard InChI is InChI=1S/C17H18BrNO4S2/c1-4-9-24-16-8-6-5-7-13(16)19-25(20,21)17-11-15(23-3)14(22-2)10-12(17)18/h4-8,10-11,19H,1,9H2,2-3H3. The Morgan fingerprint density at radius 2 is 1.84 bits per heavy atom. The van der Waals surface area contributed by atoms with Gasteiger partial charge in [-0.25, -0.2) is 8.42 Å². The fourth-order valence-electron chi connectivity index (χ4n) is 2.07. The van der Waals surface area contributed by atoms with Crippen LogP contribution >= 0.6 is 27.7 Å². The third-order valence-electron chi connectivity index (χ3n) is 3.22. The summed E-state index contributed by atoms with van der Waals surface area (Å²) in [6, 6.07) is 10.2. The zero-order valence-electron chi connectivity index (χ0n) is 13.8. The van der Waals surface area contributed by atoms with E-state index in [1.54, 1.807) is 24.3 Å². The second-order valence-electron chi connectivity index (χ2n) is 4.84. The molecular weight excluding hydrogens is 426 g/mol. The fraction of sp³-hybridized carbons (Fsp3) is 0.176. The van der Waals surface area contributed by atoms with Crippen LogP contribution in [0.15, 0.2) is 63.3 Å². The van der Waals surface area contributed by atoms with Crippen LogP contribution in [0, 0.1) is 0 Å². The molecule has 5 nitrogen and oxygen atoms in total. The Hall–Kier alpha value is -1.64. The first-order chi connectivity index (χ1) is 11.9. The van der Waals surface area contributed by atoms with Crippen LogP contribution in [0.1, 0.15) is 0 Å². The Balaban J connectivity index is 2.42. The predicted molar refractivity (Wildman–Crippen MR) is 105 cm³/mol. The number of hydrogen-bond donors (Lipinski definition) is 1. The zero-order chi connectivity index (χ0) is 18.4. The molecule has 0 amide bonds. The summed E-state index contributed by atoms with van der Waals surface area (Å²) in [4.78, 5) is 0.885. The van der Waals surface area contributed by atoms with E-state index in [9.17, 15) is 8.42 Å². The number of thioether (sulfide) groups is 1. The molecule has 2 aromatic rings. The van der Waals surface area contributed by atoms with Crippen molar-refractivity contribution >= 4 is 43.4 Å². The number of methoxy groups -OCH3 is 2. The summed E-state index contributed by atoms with van der Waals surface area (Å²) >= 11 is 4.79. The molecule has 0 heterocycles. The van der Waals surface area contributed by atoms with Gasteiger partial charge < -0.3 is 9.47 Å². The number of halogens is 1. The topological polar surface area (TPSA) is 64.6 Å². The lowest BCUT2D eigenvalue weighted by Crippen LogP contribution is -2.14. The summed E-state index contributed by atoms with van der Waals surface area (Å²) in [5, 5.41) is 0. The summed E-state index contributed by atoms with van der Waals surface area (Å²) in [6.07, 6.45) is 1.76. The van der Waals surface area contributed by atoms with Crippen molar-refractivity contribution in [3.8, 4) is 11.5 Å². The van der Waals surface area contributed by atoms with Gasteiger partial charge >= 0.3 is 0 Å². The van der Waals surface area contributed by atoms with Crippen molar-refractivity contribution in [1.29, 1.82) is 0 Å². The lowest BCUT2D eigenvalue weighted by molar-refractivity contribution is 0.353. The summed E-state index contributed by atoms with van der Waals surface area (Å²) in [5.41, 5.74) is 0.510. The molecule has 2 aromatic carbocycles. The minimum Gasteiger partial charge on any atom is -0.493 e. The molecular formula is C17H18BrNO4S2. The Morgan fingerprint density at radius 3 is 2.48 bits per heavy atom. The van der Waals surface area contributed by atoms with Crippen molar-refractivity contribution in [2.24, 2.45) is 0 Å². The second kappa shape index (κ2) is 8.64. The molecule has 0 saturated heterocycles. The quantitative estimate of drug-likeness (QED) is 0.478. The predicted octanol–water partition coefficient (Wildman–Crippen LogP) is 4.55. The molecule has 0 bridgehead atoms. The van der Waals surface area contributed by atoms with Crippen molar-refractivity contribution < 1.29 is 17.9 Å². The SMILES string of the molecule is C=CCSc1ccccc1NS(=O)(=O)c1cc(OC)c(OC)cc1Br. The van der Waals surface area contributed by atoms with Crippen LogP contribution in [-0.2, 0) is 10.0 Å². The fourth-order valence-corrected chi connectivity index (χ4v) is 5.00. The minimum atomic E-state index is -3.82. The molecule has 134 valence electrons. The van der Waals surface area contributed by atoms with Crippen LogP contribution in [0.25, 0.3) is 0 Å². The van der Waals surface area contributed by atoms with Crippen LogP contribution in [0.2, 0.25) is 0 Å². The molecule has 2 rings (SSSR count). The van der Waals surface area contributed by atoms with Crippen molar-refractivity contribution in [1.82, 2.24) is 0 Å². The highest BCUT2D eigenvalue weighted by Crippen LogP contribution is 2.37. The Labute approximate surface area is 160 Å². The van der Waals surface area contributed by atoms with Gasteiger partial charge in [-0.3, -0.25) is 4.72 Å². The average molecular weight is 444 g/mol. The van der Waals surface area contributed by atoms with Crippen LogP contribution in [0.3, 0.4) is 0 Å². The smallest absolute Gasteiger partial charge is 0.263 e. The van der Waals surface area contributed by atoms with Gasteiger partial charge in [-0.1, -0.05) is 18.2 Å². The normalized spacial score (nSPS) is 11.0. The van der Waals surface area contributed by atoms with E-state index in [2.05, 4.69) is 27.2 Å². The third kappa shape index (κ3) is 4.71. The molecule has 8 heteroatoms. The zero-order valence-corrected chi connectivity index (χ0v) is 17.0. The first kappa shape index (κ1) is 19.7. The minimum absolute atomic E-state index is 0.0636. The number of rotatable bonds is 8. The second-order valence-corrected chi connectivity index (χ2v) is 8.41. The van der Waals surface area contributed by atoms with E-state index >= 15 is 0 Å². The molecule has 0 spiro atoms. The Morgan fingerprint density at radius 1 is 1.20 bits per heavy atom. The Bertz CT molecular complexity index is 869. The lowest BCUT2D eigenvalue weighted by atomic mass is 10.3. The summed E-state index contributed by atoms with van der Waals surface area (Å²) in [5.74, 6) is 1.45. The van der Waals surface area contributed by atoms with Crippen molar-refractivity contribution in [3.63, 3.8) is 0 Å². The van der Waals surface area contributed by atoms with Gasteiger partial charge in [0, 0.05) is 21.2 Å². The van der Waals surface area contributed by atoms with Gasteiger partial charge in [-0.15, -0.1) is 18.3 Å². The van der Waals surface area contributed by atoms with Gasteiger partial charge in [-0.2, -0.15) is 0 Å². The van der Waals surface area contributed by atoms with Crippen molar-refractivity contribution in [3.05, 3.63) is 53.5 Å². The molecule has 25 heavy (non-hydrogen) atoms. The maximum absolute atomic E-state index is 12.8. The molecule has 1 N–H and O–H groups in total. The van der Waals surface area contributed by atoms with Gasteiger partial charge in [0.05, 0.1) is 19.9 Å². The highest BCUT2D eigenvalue weighted by molar-refractivity contribution is 9.10. The number of ether oxygens (including phenoxy) is 2. The molecule has 0 aliphatic rings. The first-order valence-corrected chi connectivity index (χ1v) is 10.5. The number of para-hydroxylation sites is 1. The van der Waals surface area contributed by atoms with Gasteiger partial charge in [0.1, 0.15) is 4.90 Å². The van der Waals surface area contributed by atoms with Gasteiger partial charge in [-0.05, 0) is 34.1 Å². The molecule has 0 aromatic heterocycles. The van der Waals surface area contributed by atoms with E-state index in [1.807, 2.05) is 12.1 Å². The van der Waals surface area contributed by atoms with Crippen LogP contribution in [-0.4, -0.2) is 28.4 Å². The maximum Gasteiger partial charge on any atom is 0.263 e. The van der Waals surface area contributed by atoms with Crippen LogP contribution in [0.5, 0.6) is 11.5 Å². The van der Waals surface area contributed by atoms with Gasteiger partial charge in [0.2, 0.25) is 0 Å². The molecule has 0 saturated carbocycles. The summed E-state index contributed by atoms with van der Waals surface area (Å²) in [6.45, 7) is 3.68. The number of sulfonamides is 1. The highest BCUT2D eigenvalue weighted by Gasteiger charge is 2.22. The molecule has 0 aliphatic carbocycles. The van der Waals surface area contributed by atoms with E-state index in [4.69, 9.17) is 9.47 Å². The van der Waals surface area contributed by atoms with E-state index in [1.165, 1.54) is 32.0 Å². The maximum atomic E-state index is 12.8. The van der Waals surface area contributed by atoms with Gasteiger partial charge in [0.15, 0.2) is 11.5 Å². The van der Waals surface area contributed by atoms with Crippen molar-refractivity contribution in [2.75, 3.05) is 24.7 Å². The van der Waals surface area contributed by atoms with E-state index in [0.717, 1.165) is 4.90 Å². The number of nitrogens with one attached hydrogen (secondary N) is 1. The molecule has 0 radical (unpaired) electrons. The van der Waals surface area contributed by atoms with Crippen LogP contribution < -0.4 is 14.2 Å².